The van der Waals surface area contributed by atoms with E-state index in [2.05, 4.69) is 0 Å². The van der Waals surface area contributed by atoms with E-state index in [9.17, 15) is 20.2 Å². The predicted octanol–water partition coefficient (Wildman–Crippen LogP) is 2.14. The molecule has 0 atom stereocenters. The van der Waals surface area contributed by atoms with E-state index in [1.807, 2.05) is 6.07 Å². The van der Waals surface area contributed by atoms with Crippen LogP contribution in [0.1, 0.15) is 18.4 Å². The van der Waals surface area contributed by atoms with Crippen LogP contribution in [0.15, 0.2) is 17.7 Å². The normalized spacial score (nSPS) is 14.2. The number of hydrogen-bond acceptors (Lipinski definition) is 6. The molecule has 8 nitrogen and oxygen atoms in total. The molecule has 1 aliphatic rings. The van der Waals surface area contributed by atoms with Gasteiger partial charge in [0.1, 0.15) is 11.6 Å². The number of carbonyl (C=O) groups excluding carboxylic acids is 1. The minimum Gasteiger partial charge on any atom is -0.493 e. The molecule has 0 saturated carbocycles. The summed E-state index contributed by atoms with van der Waals surface area (Å²) in [5.41, 5.74) is -0.302. The quantitative estimate of drug-likeness (QED) is 0.354. The molecule has 0 aliphatic carbocycles. The summed E-state index contributed by atoms with van der Waals surface area (Å²) in [6.07, 6.45) is 3.00. The van der Waals surface area contributed by atoms with Gasteiger partial charge in [-0.25, -0.2) is 0 Å². The van der Waals surface area contributed by atoms with Gasteiger partial charge >= 0.3 is 0 Å². The predicted molar refractivity (Wildman–Crippen MR) is 85.6 cm³/mol. The van der Waals surface area contributed by atoms with Gasteiger partial charge in [-0.05, 0) is 25.0 Å². The molecule has 2 rings (SSSR count). The number of rotatable bonds is 5. The number of likely N-dealkylation sites (tertiary alicyclic amines) is 1. The molecule has 1 amide bonds. The van der Waals surface area contributed by atoms with Gasteiger partial charge in [0.05, 0.1) is 30.8 Å². The number of nitro groups is 1. The Morgan fingerprint density at radius 3 is 2.38 bits per heavy atom. The van der Waals surface area contributed by atoms with Crippen LogP contribution < -0.4 is 9.47 Å². The van der Waals surface area contributed by atoms with E-state index >= 15 is 0 Å². The third-order valence-corrected chi connectivity index (χ3v) is 3.77. The van der Waals surface area contributed by atoms with Crippen molar-refractivity contribution in [2.75, 3.05) is 27.3 Å². The van der Waals surface area contributed by atoms with Crippen LogP contribution in [0.4, 0.5) is 5.69 Å². The maximum atomic E-state index is 12.3. The van der Waals surface area contributed by atoms with Crippen molar-refractivity contribution in [3.05, 3.63) is 33.4 Å². The topological polar surface area (TPSA) is 106 Å². The fourth-order valence-corrected chi connectivity index (χ4v) is 2.55. The summed E-state index contributed by atoms with van der Waals surface area (Å²) in [4.78, 5) is 24.6. The van der Waals surface area contributed by atoms with Gasteiger partial charge in [-0.3, -0.25) is 14.9 Å². The molecule has 1 heterocycles. The first-order valence-electron chi connectivity index (χ1n) is 7.33. The first-order chi connectivity index (χ1) is 11.5. The van der Waals surface area contributed by atoms with Crippen LogP contribution >= 0.6 is 0 Å². The lowest BCUT2D eigenvalue weighted by atomic mass is 10.1. The van der Waals surface area contributed by atoms with E-state index in [0.29, 0.717) is 13.1 Å². The van der Waals surface area contributed by atoms with Crippen LogP contribution in [0.25, 0.3) is 6.08 Å². The van der Waals surface area contributed by atoms with Crippen molar-refractivity contribution >= 4 is 17.7 Å². The molecule has 0 spiro atoms. The summed E-state index contributed by atoms with van der Waals surface area (Å²) in [5, 5.41) is 20.6. The zero-order valence-corrected chi connectivity index (χ0v) is 13.4. The van der Waals surface area contributed by atoms with E-state index < -0.39 is 10.8 Å². The molecular weight excluding hydrogens is 314 g/mol. The summed E-state index contributed by atoms with van der Waals surface area (Å²) >= 11 is 0. The Hall–Kier alpha value is -3.08. The van der Waals surface area contributed by atoms with Gasteiger partial charge in [0, 0.05) is 13.1 Å². The molecular formula is C16H17N3O5. The van der Waals surface area contributed by atoms with Gasteiger partial charge in [0.2, 0.25) is 0 Å². The van der Waals surface area contributed by atoms with Crippen LogP contribution in [0, 0.1) is 21.4 Å². The van der Waals surface area contributed by atoms with Crippen molar-refractivity contribution in [3.63, 3.8) is 0 Å². The number of nitriles is 1. The second-order valence-corrected chi connectivity index (χ2v) is 5.19. The second-order valence-electron chi connectivity index (χ2n) is 5.19. The smallest absolute Gasteiger partial charge is 0.280 e. The number of ether oxygens (including phenoxy) is 2. The van der Waals surface area contributed by atoms with E-state index in [-0.39, 0.29) is 28.3 Å². The zero-order valence-electron chi connectivity index (χ0n) is 13.4. The monoisotopic (exact) mass is 331 g/mol. The first kappa shape index (κ1) is 17.3. The summed E-state index contributed by atoms with van der Waals surface area (Å²) in [6.45, 7) is 1.18. The maximum Gasteiger partial charge on any atom is 0.280 e. The highest BCUT2D eigenvalue weighted by Crippen LogP contribution is 2.35. The third-order valence-electron chi connectivity index (χ3n) is 3.77. The van der Waals surface area contributed by atoms with Crippen LogP contribution in [0.5, 0.6) is 11.5 Å². The van der Waals surface area contributed by atoms with E-state index in [1.54, 1.807) is 4.90 Å². The van der Waals surface area contributed by atoms with Crippen molar-refractivity contribution in [3.8, 4) is 17.6 Å². The first-order valence-corrected chi connectivity index (χ1v) is 7.33. The SMILES string of the molecule is COc1cc(/C=C(\C#N)C(=O)N2CCCC2)c([N+](=O)[O-])cc1OC. The lowest BCUT2D eigenvalue weighted by Crippen LogP contribution is -2.28. The van der Waals surface area contributed by atoms with Crippen molar-refractivity contribution in [2.45, 2.75) is 12.8 Å². The van der Waals surface area contributed by atoms with Gasteiger partial charge in [-0.2, -0.15) is 5.26 Å². The van der Waals surface area contributed by atoms with E-state index in [4.69, 9.17) is 9.47 Å². The fraction of sp³-hybridized carbons (Fsp3) is 0.375. The average Bonchev–Trinajstić information content (AvgIpc) is 3.12. The van der Waals surface area contributed by atoms with Gasteiger partial charge in [0.15, 0.2) is 11.5 Å². The van der Waals surface area contributed by atoms with E-state index in [1.165, 1.54) is 32.4 Å². The highest BCUT2D eigenvalue weighted by Gasteiger charge is 2.24. The maximum absolute atomic E-state index is 12.3. The standard InChI is InChI=1S/C16H17N3O5/c1-23-14-8-11(13(19(21)22)9-15(14)24-2)7-12(10-17)16(20)18-5-3-4-6-18/h7-9H,3-6H2,1-2H3/b12-7+. The van der Waals surface area contributed by atoms with Crippen molar-refractivity contribution in [1.82, 2.24) is 4.90 Å². The lowest BCUT2D eigenvalue weighted by molar-refractivity contribution is -0.385. The number of carbonyl (C=O) groups is 1. The summed E-state index contributed by atoms with van der Waals surface area (Å²) < 4.78 is 10.2. The van der Waals surface area contributed by atoms with Crippen LogP contribution in [-0.2, 0) is 4.79 Å². The number of nitro benzene ring substituents is 1. The summed E-state index contributed by atoms with van der Waals surface area (Å²) in [7, 11) is 2.77. The molecule has 0 bridgehead atoms. The number of hydrogen-bond donors (Lipinski definition) is 0. The van der Waals surface area contributed by atoms with Gasteiger partial charge in [-0.15, -0.1) is 0 Å². The lowest BCUT2D eigenvalue weighted by Gasteiger charge is -2.14. The van der Waals surface area contributed by atoms with Crippen molar-refractivity contribution in [2.24, 2.45) is 0 Å². The summed E-state index contributed by atoms with van der Waals surface area (Å²) in [5.74, 6) is 0.0603. The van der Waals surface area contributed by atoms with Gasteiger partial charge in [-0.1, -0.05) is 0 Å². The summed E-state index contributed by atoms with van der Waals surface area (Å²) in [6, 6.07) is 4.42. The minimum absolute atomic E-state index is 0.113. The van der Waals surface area contributed by atoms with E-state index in [0.717, 1.165) is 12.8 Å². The molecule has 126 valence electrons. The molecule has 8 heteroatoms. The number of benzene rings is 1. The zero-order chi connectivity index (χ0) is 17.7. The van der Waals surface area contributed by atoms with Crippen LogP contribution in [-0.4, -0.2) is 43.0 Å². The Morgan fingerprint density at radius 1 is 1.29 bits per heavy atom. The van der Waals surface area contributed by atoms with Crippen LogP contribution in [0.2, 0.25) is 0 Å². The van der Waals surface area contributed by atoms with Crippen LogP contribution in [0.3, 0.4) is 0 Å². The van der Waals surface area contributed by atoms with Crippen molar-refractivity contribution in [1.29, 1.82) is 5.26 Å². The molecule has 1 aromatic rings. The molecule has 1 aromatic carbocycles. The Kier molecular flexibility index (Phi) is 5.37. The number of amides is 1. The molecule has 1 saturated heterocycles. The number of methoxy groups -OCH3 is 2. The minimum atomic E-state index is -0.594. The largest absolute Gasteiger partial charge is 0.493 e. The molecule has 24 heavy (non-hydrogen) atoms. The van der Waals surface area contributed by atoms with Crippen molar-refractivity contribution < 1.29 is 19.2 Å². The molecule has 0 unspecified atom stereocenters. The molecule has 0 N–H and O–H groups in total. The molecule has 1 aliphatic heterocycles. The fourth-order valence-electron chi connectivity index (χ4n) is 2.55. The Labute approximate surface area is 139 Å². The van der Waals surface area contributed by atoms with Gasteiger partial charge < -0.3 is 14.4 Å². The molecule has 0 radical (unpaired) electrons. The molecule has 0 aromatic heterocycles. The third kappa shape index (κ3) is 3.46. The highest BCUT2D eigenvalue weighted by atomic mass is 16.6. The molecule has 1 fully saturated rings. The van der Waals surface area contributed by atoms with Gasteiger partial charge in [0.25, 0.3) is 11.6 Å². The Balaban J connectivity index is 2.50. The Bertz CT molecular complexity index is 730. The Morgan fingerprint density at radius 2 is 1.88 bits per heavy atom. The number of nitrogens with zero attached hydrogens (tertiary/aromatic N) is 3. The highest BCUT2D eigenvalue weighted by molar-refractivity contribution is 6.02. The second kappa shape index (κ2) is 7.46. The average molecular weight is 331 g/mol.